The lowest BCUT2D eigenvalue weighted by Crippen LogP contribution is -2.36. The fourth-order valence-electron chi connectivity index (χ4n) is 3.13. The van der Waals surface area contributed by atoms with Gasteiger partial charge in [-0.1, -0.05) is 42.5 Å². The fraction of sp³-hybridized carbons (Fsp3) is 0.250. The van der Waals surface area contributed by atoms with Crippen molar-refractivity contribution in [2.24, 2.45) is 4.99 Å². The highest BCUT2D eigenvalue weighted by Gasteiger charge is 2.04. The van der Waals surface area contributed by atoms with Crippen LogP contribution in [-0.2, 0) is 19.6 Å². The number of hydrogen-bond acceptors (Lipinski definition) is 3. The maximum atomic E-state index is 11.9. The number of aryl methyl sites for hydroxylation is 1. The van der Waals surface area contributed by atoms with Gasteiger partial charge in [0.05, 0.1) is 6.54 Å². The first-order valence-electron chi connectivity index (χ1n) is 9.90. The highest BCUT2D eigenvalue weighted by Crippen LogP contribution is 2.21. The summed E-state index contributed by atoms with van der Waals surface area (Å²) in [5, 5.41) is 6.75. The molecule has 0 aliphatic heterocycles. The summed E-state index contributed by atoms with van der Waals surface area (Å²) >= 11 is 1.76. The van der Waals surface area contributed by atoms with Gasteiger partial charge in [-0.2, -0.15) is 0 Å². The minimum absolute atomic E-state index is 0. The van der Waals surface area contributed by atoms with Gasteiger partial charge in [-0.3, -0.25) is 9.79 Å². The molecular formula is C24H29IN4OS. The molecule has 7 heteroatoms. The van der Waals surface area contributed by atoms with E-state index in [-0.39, 0.29) is 29.5 Å². The Balaban J connectivity index is 0.00000341. The Hall–Kier alpha value is -2.26. The van der Waals surface area contributed by atoms with Crippen molar-refractivity contribution < 1.29 is 0 Å². The molecule has 0 unspecified atom stereocenters. The van der Waals surface area contributed by atoms with Gasteiger partial charge in [-0.05, 0) is 47.6 Å². The zero-order valence-electron chi connectivity index (χ0n) is 18.1. The van der Waals surface area contributed by atoms with Crippen LogP contribution < -0.4 is 16.2 Å². The number of halogens is 1. The lowest BCUT2D eigenvalue weighted by molar-refractivity contribution is 0.758. The number of benzene rings is 2. The zero-order chi connectivity index (χ0) is 21.3. The van der Waals surface area contributed by atoms with Gasteiger partial charge in [-0.15, -0.1) is 35.7 Å². The van der Waals surface area contributed by atoms with Crippen molar-refractivity contribution in [1.29, 1.82) is 0 Å². The molecular weight excluding hydrogens is 519 g/mol. The van der Waals surface area contributed by atoms with Gasteiger partial charge in [0, 0.05) is 37.3 Å². The first-order valence-corrected chi connectivity index (χ1v) is 11.1. The molecule has 1 aromatic heterocycles. The number of nitrogens with zero attached hydrogens (tertiary/aromatic N) is 2. The van der Waals surface area contributed by atoms with Crippen molar-refractivity contribution in [1.82, 2.24) is 15.2 Å². The van der Waals surface area contributed by atoms with Crippen LogP contribution in [0, 0.1) is 6.92 Å². The first kappa shape index (κ1) is 25.0. The van der Waals surface area contributed by atoms with Crippen molar-refractivity contribution in [3.8, 4) is 0 Å². The Morgan fingerprint density at radius 2 is 1.71 bits per heavy atom. The van der Waals surface area contributed by atoms with Gasteiger partial charge in [0.1, 0.15) is 0 Å². The van der Waals surface area contributed by atoms with Crippen molar-refractivity contribution in [2.45, 2.75) is 31.5 Å². The summed E-state index contributed by atoms with van der Waals surface area (Å²) in [5.41, 5.74) is 4.79. The Morgan fingerprint density at radius 1 is 1.00 bits per heavy atom. The molecule has 5 nitrogen and oxygen atoms in total. The van der Waals surface area contributed by atoms with Crippen molar-refractivity contribution in [3.63, 3.8) is 0 Å². The van der Waals surface area contributed by atoms with E-state index in [0.29, 0.717) is 13.1 Å². The summed E-state index contributed by atoms with van der Waals surface area (Å²) in [5.74, 6) is 0.766. The van der Waals surface area contributed by atoms with Crippen molar-refractivity contribution in [3.05, 3.63) is 99.5 Å². The predicted octanol–water partition coefficient (Wildman–Crippen LogP) is 4.41. The average Bonchev–Trinajstić information content (AvgIpc) is 2.77. The molecule has 0 aliphatic rings. The largest absolute Gasteiger partial charge is 0.352 e. The Kier molecular flexibility index (Phi) is 10.1. The molecule has 0 amide bonds. The molecule has 31 heavy (non-hydrogen) atoms. The van der Waals surface area contributed by atoms with Crippen LogP contribution in [-0.4, -0.2) is 23.8 Å². The second-order valence-electron chi connectivity index (χ2n) is 7.08. The van der Waals surface area contributed by atoms with Gasteiger partial charge in [0.15, 0.2) is 5.96 Å². The third-order valence-electron chi connectivity index (χ3n) is 4.85. The summed E-state index contributed by atoms with van der Waals surface area (Å²) in [6.07, 6.45) is 3.91. The van der Waals surface area contributed by atoms with Crippen LogP contribution in [0.2, 0.25) is 0 Å². The van der Waals surface area contributed by atoms with E-state index in [1.165, 1.54) is 16.0 Å². The number of guanidine groups is 1. The number of thioether (sulfide) groups is 1. The number of nitrogens with one attached hydrogen (secondary N) is 2. The van der Waals surface area contributed by atoms with Gasteiger partial charge < -0.3 is 15.2 Å². The van der Waals surface area contributed by atoms with Gasteiger partial charge in [0.2, 0.25) is 0 Å². The van der Waals surface area contributed by atoms with Crippen molar-refractivity contribution >= 4 is 41.7 Å². The van der Waals surface area contributed by atoms with E-state index in [9.17, 15) is 4.79 Å². The normalized spacial score (nSPS) is 11.0. The lowest BCUT2D eigenvalue weighted by atomic mass is 10.1. The van der Waals surface area contributed by atoms with E-state index in [1.54, 1.807) is 35.5 Å². The van der Waals surface area contributed by atoms with Crippen LogP contribution in [0.5, 0.6) is 0 Å². The Bertz CT molecular complexity index is 1060. The number of aromatic nitrogens is 1. The molecule has 0 saturated heterocycles. The molecule has 3 aromatic rings. The second kappa shape index (κ2) is 12.6. The fourth-order valence-corrected chi connectivity index (χ4v) is 3.84. The molecule has 0 aliphatic carbocycles. The number of pyridine rings is 1. The van der Waals surface area contributed by atoms with Gasteiger partial charge in [-0.25, -0.2) is 0 Å². The van der Waals surface area contributed by atoms with E-state index >= 15 is 0 Å². The summed E-state index contributed by atoms with van der Waals surface area (Å²) in [6, 6.07) is 20.0. The third-order valence-corrected chi connectivity index (χ3v) is 5.67. The highest BCUT2D eigenvalue weighted by molar-refractivity contribution is 14.0. The summed E-state index contributed by atoms with van der Waals surface area (Å²) in [6.45, 7) is 4.08. The molecule has 3 rings (SSSR count). The van der Waals surface area contributed by atoms with Crippen LogP contribution in [0.3, 0.4) is 0 Å². The van der Waals surface area contributed by atoms with Crippen LogP contribution in [0.15, 0.2) is 81.5 Å². The molecule has 164 valence electrons. The molecule has 0 radical (unpaired) electrons. The quantitative estimate of drug-likeness (QED) is 0.199. The van der Waals surface area contributed by atoms with Crippen molar-refractivity contribution in [2.75, 3.05) is 13.3 Å². The van der Waals surface area contributed by atoms with E-state index in [2.05, 4.69) is 71.3 Å². The number of aliphatic imine (C=N–C) groups is 1. The molecule has 2 aromatic carbocycles. The van der Waals surface area contributed by atoms with E-state index in [0.717, 1.165) is 23.6 Å². The minimum Gasteiger partial charge on any atom is -0.352 e. The Morgan fingerprint density at radius 3 is 2.39 bits per heavy atom. The maximum absolute atomic E-state index is 11.9. The second-order valence-corrected chi connectivity index (χ2v) is 7.93. The molecule has 0 fully saturated rings. The van der Waals surface area contributed by atoms with E-state index in [1.807, 2.05) is 12.3 Å². The average molecular weight is 548 g/mol. The smallest absolute Gasteiger partial charge is 0.250 e. The standard InChI is InChI=1S/C24H28N4OS.HI/c1-18-7-12-21(22(14-18)30-3)16-27-24(25-2)26-15-19-8-10-20(11-9-19)17-28-13-5-4-6-23(28)29;/h4-14H,15-17H2,1-3H3,(H2,25,26,27);1H. The zero-order valence-corrected chi connectivity index (χ0v) is 21.2. The van der Waals surface area contributed by atoms with Crippen LogP contribution in [0.25, 0.3) is 0 Å². The van der Waals surface area contributed by atoms with E-state index in [4.69, 9.17) is 0 Å². The van der Waals surface area contributed by atoms with Gasteiger partial charge in [0.25, 0.3) is 5.56 Å². The first-order chi connectivity index (χ1) is 14.6. The molecule has 0 saturated carbocycles. The molecule has 1 heterocycles. The van der Waals surface area contributed by atoms with Crippen LogP contribution >= 0.6 is 35.7 Å². The van der Waals surface area contributed by atoms with Crippen LogP contribution in [0.4, 0.5) is 0 Å². The number of hydrogen-bond donors (Lipinski definition) is 2. The topological polar surface area (TPSA) is 58.4 Å². The van der Waals surface area contributed by atoms with E-state index < -0.39 is 0 Å². The Labute approximate surface area is 205 Å². The summed E-state index contributed by atoms with van der Waals surface area (Å²) in [4.78, 5) is 17.5. The summed E-state index contributed by atoms with van der Waals surface area (Å²) < 4.78 is 1.70. The van der Waals surface area contributed by atoms with Gasteiger partial charge >= 0.3 is 0 Å². The highest BCUT2D eigenvalue weighted by atomic mass is 127. The summed E-state index contributed by atoms with van der Waals surface area (Å²) in [7, 11) is 1.78. The molecule has 2 N–H and O–H groups in total. The maximum Gasteiger partial charge on any atom is 0.250 e. The lowest BCUT2D eigenvalue weighted by Gasteiger charge is -2.14. The minimum atomic E-state index is 0. The molecule has 0 atom stereocenters. The molecule has 0 spiro atoms. The number of rotatable bonds is 7. The monoisotopic (exact) mass is 548 g/mol. The SMILES string of the molecule is CN=C(NCc1ccc(Cn2ccccc2=O)cc1)NCc1ccc(C)cc1SC.I. The van der Waals surface area contributed by atoms with Crippen LogP contribution in [0.1, 0.15) is 22.3 Å². The predicted molar refractivity (Wildman–Crippen MR) is 142 cm³/mol. The molecule has 0 bridgehead atoms. The third kappa shape index (κ3) is 7.43.